The standard InChI is InChI=1S/C22H16O5S/c1-14-7-5-6-10-18(14)25-13-20(23)26-16-11-17(15-8-3-2-4-9-15)21-19(12-16)28-22(24)27-21/h2-12H,13H2,1H3. The second-order valence-electron chi connectivity index (χ2n) is 6.15. The Kier molecular flexibility index (Phi) is 4.95. The molecule has 5 nitrogen and oxygen atoms in total. The van der Waals surface area contributed by atoms with Crippen molar-refractivity contribution in [3.05, 3.63) is 82.0 Å². The first-order chi connectivity index (χ1) is 13.6. The molecule has 0 aliphatic heterocycles. The van der Waals surface area contributed by atoms with Crippen LogP contribution in [0, 0.1) is 6.92 Å². The van der Waals surface area contributed by atoms with E-state index >= 15 is 0 Å². The van der Waals surface area contributed by atoms with Gasteiger partial charge in [-0.3, -0.25) is 0 Å². The molecule has 0 unspecified atom stereocenters. The van der Waals surface area contributed by atoms with Crippen molar-refractivity contribution in [1.29, 1.82) is 0 Å². The highest BCUT2D eigenvalue weighted by Crippen LogP contribution is 2.34. The van der Waals surface area contributed by atoms with Gasteiger partial charge < -0.3 is 13.9 Å². The number of aryl methyl sites for hydroxylation is 1. The number of carbonyl (C=O) groups is 1. The second-order valence-corrected chi connectivity index (χ2v) is 7.12. The van der Waals surface area contributed by atoms with Crippen LogP contribution in [0.4, 0.5) is 0 Å². The molecule has 1 heterocycles. The van der Waals surface area contributed by atoms with Crippen molar-refractivity contribution in [3.8, 4) is 22.6 Å². The normalized spacial score (nSPS) is 10.8. The number of hydrogen-bond acceptors (Lipinski definition) is 6. The maximum atomic E-state index is 12.3. The number of rotatable bonds is 5. The lowest BCUT2D eigenvalue weighted by Gasteiger charge is -2.10. The second kappa shape index (κ2) is 7.70. The Balaban J connectivity index is 1.59. The van der Waals surface area contributed by atoms with Gasteiger partial charge in [-0.1, -0.05) is 59.9 Å². The maximum Gasteiger partial charge on any atom is 0.396 e. The highest BCUT2D eigenvalue weighted by Gasteiger charge is 2.15. The van der Waals surface area contributed by atoms with E-state index < -0.39 is 10.9 Å². The molecule has 0 aliphatic carbocycles. The summed E-state index contributed by atoms with van der Waals surface area (Å²) in [5.41, 5.74) is 2.98. The summed E-state index contributed by atoms with van der Waals surface area (Å²) in [6.07, 6.45) is 0. The van der Waals surface area contributed by atoms with Crippen LogP contribution in [-0.2, 0) is 4.79 Å². The van der Waals surface area contributed by atoms with E-state index in [0.29, 0.717) is 27.3 Å². The first-order valence-corrected chi connectivity index (χ1v) is 9.44. The van der Waals surface area contributed by atoms with E-state index in [-0.39, 0.29) is 6.61 Å². The lowest BCUT2D eigenvalue weighted by atomic mass is 10.0. The molecule has 28 heavy (non-hydrogen) atoms. The topological polar surface area (TPSA) is 65.7 Å². The van der Waals surface area contributed by atoms with Gasteiger partial charge in [0, 0.05) is 11.6 Å². The third-order valence-electron chi connectivity index (χ3n) is 4.16. The maximum absolute atomic E-state index is 12.3. The van der Waals surface area contributed by atoms with Crippen molar-refractivity contribution >= 4 is 27.6 Å². The number of carbonyl (C=O) groups excluding carboxylic acids is 1. The van der Waals surface area contributed by atoms with E-state index in [1.54, 1.807) is 18.2 Å². The number of hydrogen-bond donors (Lipinski definition) is 0. The fourth-order valence-corrected chi connectivity index (χ4v) is 3.58. The van der Waals surface area contributed by atoms with Gasteiger partial charge in [-0.2, -0.15) is 0 Å². The minimum absolute atomic E-state index is 0.217. The fraction of sp³-hybridized carbons (Fsp3) is 0.0909. The molecule has 6 heteroatoms. The summed E-state index contributed by atoms with van der Waals surface area (Å²) >= 11 is 0.970. The summed E-state index contributed by atoms with van der Waals surface area (Å²) in [7, 11) is 0. The highest BCUT2D eigenvalue weighted by molar-refractivity contribution is 7.16. The number of esters is 1. The zero-order chi connectivity index (χ0) is 19.5. The van der Waals surface area contributed by atoms with E-state index in [0.717, 1.165) is 22.5 Å². The Morgan fingerprint density at radius 2 is 1.79 bits per heavy atom. The molecule has 4 aromatic rings. The molecule has 0 aliphatic rings. The molecule has 1 aromatic heterocycles. The van der Waals surface area contributed by atoms with Gasteiger partial charge in [0.1, 0.15) is 11.5 Å². The van der Waals surface area contributed by atoms with Crippen molar-refractivity contribution in [1.82, 2.24) is 0 Å². The average molecular weight is 392 g/mol. The molecule has 0 bridgehead atoms. The summed E-state index contributed by atoms with van der Waals surface area (Å²) in [5.74, 6) is 0.437. The van der Waals surface area contributed by atoms with Crippen molar-refractivity contribution in [3.63, 3.8) is 0 Å². The smallest absolute Gasteiger partial charge is 0.396 e. The van der Waals surface area contributed by atoms with Crippen LogP contribution in [0.3, 0.4) is 0 Å². The number of benzene rings is 3. The third-order valence-corrected chi connectivity index (χ3v) is 4.94. The van der Waals surface area contributed by atoms with Crippen LogP contribution in [-0.4, -0.2) is 12.6 Å². The van der Waals surface area contributed by atoms with Gasteiger partial charge in [0.05, 0.1) is 4.70 Å². The van der Waals surface area contributed by atoms with Gasteiger partial charge >= 0.3 is 10.9 Å². The first-order valence-electron chi connectivity index (χ1n) is 8.62. The van der Waals surface area contributed by atoms with Crippen molar-refractivity contribution in [2.24, 2.45) is 0 Å². The fourth-order valence-electron chi connectivity index (χ4n) is 2.86. The monoisotopic (exact) mass is 392 g/mol. The Morgan fingerprint density at radius 3 is 2.57 bits per heavy atom. The molecule has 0 atom stereocenters. The Morgan fingerprint density at radius 1 is 1.04 bits per heavy atom. The van der Waals surface area contributed by atoms with Gasteiger partial charge in [-0.25, -0.2) is 9.59 Å². The largest absolute Gasteiger partial charge is 0.482 e. The van der Waals surface area contributed by atoms with Crippen LogP contribution in [0.5, 0.6) is 11.5 Å². The van der Waals surface area contributed by atoms with E-state index in [9.17, 15) is 9.59 Å². The van der Waals surface area contributed by atoms with Gasteiger partial charge in [-0.05, 0) is 30.2 Å². The average Bonchev–Trinajstić information content (AvgIpc) is 3.07. The van der Waals surface area contributed by atoms with E-state index in [1.165, 1.54) is 0 Å². The lowest BCUT2D eigenvalue weighted by molar-refractivity contribution is -0.136. The number of ether oxygens (including phenoxy) is 2. The molecule has 0 N–H and O–H groups in total. The summed E-state index contributed by atoms with van der Waals surface area (Å²) in [4.78, 5) is 23.6. The van der Waals surface area contributed by atoms with Gasteiger partial charge in [0.25, 0.3) is 0 Å². The zero-order valence-electron chi connectivity index (χ0n) is 15.0. The minimum atomic E-state index is -0.530. The van der Waals surface area contributed by atoms with Gasteiger partial charge in [0.2, 0.25) is 0 Å². The lowest BCUT2D eigenvalue weighted by Crippen LogP contribution is -2.18. The van der Waals surface area contributed by atoms with Crippen molar-refractivity contribution < 1.29 is 18.7 Å². The molecule has 0 fully saturated rings. The molecular formula is C22H16O5S. The molecular weight excluding hydrogens is 376 g/mol. The molecule has 4 rings (SSSR count). The predicted octanol–water partition coefficient (Wildman–Crippen LogP) is 4.81. The van der Waals surface area contributed by atoms with E-state index in [4.69, 9.17) is 13.9 Å². The predicted molar refractivity (Wildman–Crippen MR) is 108 cm³/mol. The van der Waals surface area contributed by atoms with Crippen LogP contribution >= 0.6 is 11.3 Å². The highest BCUT2D eigenvalue weighted by atomic mass is 32.1. The van der Waals surface area contributed by atoms with E-state index in [2.05, 4.69) is 0 Å². The third kappa shape index (κ3) is 3.82. The van der Waals surface area contributed by atoms with Crippen LogP contribution < -0.4 is 14.4 Å². The summed E-state index contributed by atoms with van der Waals surface area (Å²) in [5, 5.41) is 0. The summed E-state index contributed by atoms with van der Waals surface area (Å²) in [6, 6.07) is 20.2. The van der Waals surface area contributed by atoms with Gasteiger partial charge in [0.15, 0.2) is 12.2 Å². The van der Waals surface area contributed by atoms with Crippen molar-refractivity contribution in [2.45, 2.75) is 6.92 Å². The quantitative estimate of drug-likeness (QED) is 0.360. The van der Waals surface area contributed by atoms with E-state index in [1.807, 2.05) is 55.5 Å². The Labute approximate surface area is 164 Å². The van der Waals surface area contributed by atoms with Crippen LogP contribution in [0.1, 0.15) is 5.56 Å². The molecule has 0 saturated heterocycles. The van der Waals surface area contributed by atoms with Crippen LogP contribution in [0.15, 0.2) is 75.9 Å². The molecule has 140 valence electrons. The Bertz CT molecular complexity index is 1190. The minimum Gasteiger partial charge on any atom is -0.482 e. The van der Waals surface area contributed by atoms with Crippen LogP contribution in [0.25, 0.3) is 21.4 Å². The summed E-state index contributed by atoms with van der Waals surface area (Å²) in [6.45, 7) is 1.69. The SMILES string of the molecule is Cc1ccccc1OCC(=O)Oc1cc(-c2ccccc2)c2oc(=O)sc2c1. The molecule has 0 spiro atoms. The number of fused-ring (bicyclic) bond motifs is 1. The summed E-state index contributed by atoms with van der Waals surface area (Å²) < 4.78 is 16.9. The zero-order valence-corrected chi connectivity index (χ0v) is 15.8. The first kappa shape index (κ1) is 18.0. The van der Waals surface area contributed by atoms with Crippen molar-refractivity contribution in [2.75, 3.05) is 6.61 Å². The van der Waals surface area contributed by atoms with Crippen LogP contribution in [0.2, 0.25) is 0 Å². The van der Waals surface area contributed by atoms with Gasteiger partial charge in [-0.15, -0.1) is 0 Å². The molecule has 0 amide bonds. The molecule has 0 radical (unpaired) electrons. The molecule has 0 saturated carbocycles. The number of para-hydroxylation sites is 1. The molecule has 3 aromatic carbocycles. The Hall–Kier alpha value is -3.38.